The highest BCUT2D eigenvalue weighted by Crippen LogP contribution is 2.22. The normalized spacial score (nSPS) is 19.3. The Morgan fingerprint density at radius 3 is 2.37 bits per heavy atom. The molecule has 0 radical (unpaired) electrons. The second kappa shape index (κ2) is 10.8. The van der Waals surface area contributed by atoms with E-state index in [2.05, 4.69) is 54.0 Å². The zero-order valence-corrected chi connectivity index (χ0v) is 17.5. The van der Waals surface area contributed by atoms with Crippen molar-refractivity contribution < 1.29 is 9.53 Å². The molecule has 0 unspecified atom stereocenters. The molecule has 2 heterocycles. The Hall–Kier alpha value is -1.36. The molecular formula is C22H33ClN2O2. The molecule has 0 saturated carbocycles. The number of likely N-dealkylation sites (tertiary alicyclic amines) is 1. The van der Waals surface area contributed by atoms with E-state index in [1.807, 2.05) is 0 Å². The molecule has 0 aromatic heterocycles. The third-order valence-corrected chi connectivity index (χ3v) is 5.72. The van der Waals surface area contributed by atoms with Gasteiger partial charge in [-0.05, 0) is 49.3 Å². The van der Waals surface area contributed by atoms with E-state index in [-0.39, 0.29) is 12.4 Å². The van der Waals surface area contributed by atoms with Crippen LogP contribution in [0.3, 0.4) is 0 Å². The SMILES string of the molecule is Cc1cccc(C)c1C=CC1CCN(C(=O)CCN2CCOCC2)CC1.Cl. The fraction of sp³-hybridized carbons (Fsp3) is 0.591. The van der Waals surface area contributed by atoms with Crippen LogP contribution in [0.5, 0.6) is 0 Å². The van der Waals surface area contributed by atoms with Crippen LogP contribution in [0.1, 0.15) is 36.0 Å². The lowest BCUT2D eigenvalue weighted by atomic mass is 9.94. The molecular weight excluding hydrogens is 360 g/mol. The molecule has 0 atom stereocenters. The van der Waals surface area contributed by atoms with E-state index in [1.54, 1.807) is 0 Å². The van der Waals surface area contributed by atoms with Crippen molar-refractivity contribution >= 4 is 24.4 Å². The number of amides is 1. The predicted octanol–water partition coefficient (Wildman–Crippen LogP) is 3.70. The number of nitrogens with zero attached hydrogens (tertiary/aromatic N) is 2. The Morgan fingerprint density at radius 1 is 1.11 bits per heavy atom. The van der Waals surface area contributed by atoms with Crippen LogP contribution >= 0.6 is 12.4 Å². The maximum absolute atomic E-state index is 12.5. The summed E-state index contributed by atoms with van der Waals surface area (Å²) in [6, 6.07) is 6.45. The molecule has 2 aliphatic rings. The molecule has 5 heteroatoms. The van der Waals surface area contributed by atoms with Gasteiger partial charge in [0.2, 0.25) is 5.91 Å². The average molecular weight is 393 g/mol. The van der Waals surface area contributed by atoms with Crippen LogP contribution in [-0.4, -0.2) is 61.6 Å². The summed E-state index contributed by atoms with van der Waals surface area (Å²) in [6.07, 6.45) is 7.43. The largest absolute Gasteiger partial charge is 0.379 e. The van der Waals surface area contributed by atoms with Crippen LogP contribution in [0.4, 0.5) is 0 Å². The van der Waals surface area contributed by atoms with Gasteiger partial charge in [0.05, 0.1) is 13.2 Å². The number of hydrogen-bond donors (Lipinski definition) is 0. The van der Waals surface area contributed by atoms with Crippen molar-refractivity contribution in [3.05, 3.63) is 41.0 Å². The maximum Gasteiger partial charge on any atom is 0.223 e. The molecule has 150 valence electrons. The van der Waals surface area contributed by atoms with Gasteiger partial charge in [0, 0.05) is 39.1 Å². The van der Waals surface area contributed by atoms with Crippen LogP contribution in [0.2, 0.25) is 0 Å². The smallest absolute Gasteiger partial charge is 0.223 e. The summed E-state index contributed by atoms with van der Waals surface area (Å²) in [5.74, 6) is 0.894. The van der Waals surface area contributed by atoms with E-state index in [0.717, 1.165) is 58.8 Å². The Balaban J connectivity index is 0.00000261. The number of halogens is 1. The first-order valence-corrected chi connectivity index (χ1v) is 9.96. The molecule has 0 aliphatic carbocycles. The zero-order valence-electron chi connectivity index (χ0n) is 16.7. The van der Waals surface area contributed by atoms with Crippen LogP contribution in [0.15, 0.2) is 24.3 Å². The lowest BCUT2D eigenvalue weighted by Gasteiger charge is -2.32. The van der Waals surface area contributed by atoms with Gasteiger partial charge in [-0.15, -0.1) is 12.4 Å². The first-order valence-electron chi connectivity index (χ1n) is 9.96. The quantitative estimate of drug-likeness (QED) is 0.765. The third kappa shape index (κ3) is 6.34. The third-order valence-electron chi connectivity index (χ3n) is 5.72. The summed E-state index contributed by atoms with van der Waals surface area (Å²) in [7, 11) is 0. The van der Waals surface area contributed by atoms with E-state index in [9.17, 15) is 4.79 Å². The monoisotopic (exact) mass is 392 g/mol. The van der Waals surface area contributed by atoms with Crippen molar-refractivity contribution in [1.29, 1.82) is 0 Å². The summed E-state index contributed by atoms with van der Waals surface area (Å²) in [4.78, 5) is 16.9. The van der Waals surface area contributed by atoms with Gasteiger partial charge in [-0.2, -0.15) is 0 Å². The molecule has 4 nitrogen and oxygen atoms in total. The van der Waals surface area contributed by atoms with Crippen molar-refractivity contribution in [2.75, 3.05) is 45.9 Å². The van der Waals surface area contributed by atoms with Crippen molar-refractivity contribution in [3.8, 4) is 0 Å². The van der Waals surface area contributed by atoms with Crippen molar-refractivity contribution in [3.63, 3.8) is 0 Å². The number of hydrogen-bond acceptors (Lipinski definition) is 3. The Bertz CT molecular complexity index is 613. The van der Waals surface area contributed by atoms with Crippen molar-refractivity contribution in [1.82, 2.24) is 9.80 Å². The van der Waals surface area contributed by atoms with Crippen LogP contribution < -0.4 is 0 Å². The first kappa shape index (κ1) is 21.9. The highest BCUT2D eigenvalue weighted by molar-refractivity contribution is 5.85. The minimum atomic E-state index is 0. The molecule has 1 aromatic carbocycles. The number of piperidine rings is 1. The number of carbonyl (C=O) groups is 1. The number of allylic oxidation sites excluding steroid dienone is 1. The van der Waals surface area contributed by atoms with Gasteiger partial charge in [-0.25, -0.2) is 0 Å². The zero-order chi connectivity index (χ0) is 18.4. The predicted molar refractivity (Wildman–Crippen MR) is 113 cm³/mol. The van der Waals surface area contributed by atoms with Crippen LogP contribution in [-0.2, 0) is 9.53 Å². The minimum absolute atomic E-state index is 0. The minimum Gasteiger partial charge on any atom is -0.379 e. The highest BCUT2D eigenvalue weighted by Gasteiger charge is 2.22. The van der Waals surface area contributed by atoms with Gasteiger partial charge >= 0.3 is 0 Å². The van der Waals surface area contributed by atoms with Crippen LogP contribution in [0.25, 0.3) is 6.08 Å². The van der Waals surface area contributed by atoms with E-state index in [1.165, 1.54) is 16.7 Å². The number of aryl methyl sites for hydroxylation is 2. The van der Waals surface area contributed by atoms with Gasteiger partial charge in [0.25, 0.3) is 0 Å². The number of ether oxygens (including phenoxy) is 1. The second-order valence-electron chi connectivity index (χ2n) is 7.59. The van der Waals surface area contributed by atoms with Crippen LogP contribution in [0, 0.1) is 19.8 Å². The first-order chi connectivity index (χ1) is 12.6. The molecule has 2 fully saturated rings. The topological polar surface area (TPSA) is 32.8 Å². The maximum atomic E-state index is 12.5. The molecule has 2 aliphatic heterocycles. The van der Waals surface area contributed by atoms with Crippen molar-refractivity contribution in [2.45, 2.75) is 33.1 Å². The number of rotatable bonds is 5. The highest BCUT2D eigenvalue weighted by atomic mass is 35.5. The lowest BCUT2D eigenvalue weighted by Crippen LogP contribution is -2.42. The van der Waals surface area contributed by atoms with Gasteiger partial charge in [0.1, 0.15) is 0 Å². The molecule has 3 rings (SSSR count). The standard InChI is InChI=1S/C22H32N2O2.ClH/c1-18-4-3-5-19(2)21(18)7-6-20-8-12-24(13-9-20)22(25)10-11-23-14-16-26-17-15-23;/h3-7,20H,8-17H2,1-2H3;1H. The fourth-order valence-corrected chi connectivity index (χ4v) is 3.90. The van der Waals surface area contributed by atoms with E-state index >= 15 is 0 Å². The molecule has 0 bridgehead atoms. The van der Waals surface area contributed by atoms with Gasteiger partial charge in [-0.1, -0.05) is 30.4 Å². The Labute approximate surface area is 170 Å². The van der Waals surface area contributed by atoms with E-state index < -0.39 is 0 Å². The fourth-order valence-electron chi connectivity index (χ4n) is 3.90. The molecule has 2 saturated heterocycles. The van der Waals surface area contributed by atoms with E-state index in [0.29, 0.717) is 18.2 Å². The molecule has 1 amide bonds. The molecule has 1 aromatic rings. The summed E-state index contributed by atoms with van der Waals surface area (Å²) < 4.78 is 5.36. The second-order valence-corrected chi connectivity index (χ2v) is 7.59. The lowest BCUT2D eigenvalue weighted by molar-refractivity contribution is -0.133. The van der Waals surface area contributed by atoms with E-state index in [4.69, 9.17) is 4.74 Å². The molecule has 0 spiro atoms. The summed E-state index contributed by atoms with van der Waals surface area (Å²) in [6.45, 7) is 10.5. The summed E-state index contributed by atoms with van der Waals surface area (Å²) in [5, 5.41) is 0. The molecule has 27 heavy (non-hydrogen) atoms. The van der Waals surface area contributed by atoms with Gasteiger partial charge in [-0.3, -0.25) is 9.69 Å². The Kier molecular flexibility index (Phi) is 8.81. The summed E-state index contributed by atoms with van der Waals surface area (Å²) >= 11 is 0. The number of morpholine rings is 1. The molecule has 0 N–H and O–H groups in total. The number of benzene rings is 1. The van der Waals surface area contributed by atoms with Gasteiger partial charge in [0.15, 0.2) is 0 Å². The Morgan fingerprint density at radius 2 is 1.74 bits per heavy atom. The van der Waals surface area contributed by atoms with Crippen molar-refractivity contribution in [2.24, 2.45) is 5.92 Å². The number of carbonyl (C=O) groups excluding carboxylic acids is 1. The average Bonchev–Trinajstić information content (AvgIpc) is 2.67. The van der Waals surface area contributed by atoms with Gasteiger partial charge < -0.3 is 9.64 Å². The summed E-state index contributed by atoms with van der Waals surface area (Å²) in [5.41, 5.74) is 4.01.